The third-order valence-electron chi connectivity index (χ3n) is 4.58. The smallest absolute Gasteiger partial charge is 0.262 e. The molecule has 6 nitrogen and oxygen atoms in total. The number of amides is 2. The molecule has 0 atom stereocenters. The number of hydrogen-bond acceptors (Lipinski definition) is 4. The number of nitrogens with one attached hydrogen (secondary N) is 1. The van der Waals surface area contributed by atoms with Gasteiger partial charge in [0.25, 0.3) is 5.91 Å². The third-order valence-corrected chi connectivity index (χ3v) is 4.58. The van der Waals surface area contributed by atoms with Crippen LogP contribution in [-0.4, -0.2) is 23.8 Å². The number of carbonyl (C=O) groups is 2. The number of ether oxygens (including phenoxy) is 1. The highest BCUT2D eigenvalue weighted by Gasteiger charge is 2.28. The monoisotopic (exact) mass is 323 g/mol. The molecule has 6 heteroatoms. The average Bonchev–Trinajstić information content (AvgIpc) is 2.63. The fraction of sp³-hybridized carbons (Fsp3) is 0.278. The van der Waals surface area contributed by atoms with E-state index in [0.717, 1.165) is 19.3 Å². The molecule has 0 unspecified atom stereocenters. The van der Waals surface area contributed by atoms with Crippen LogP contribution in [0.15, 0.2) is 36.5 Å². The zero-order chi connectivity index (χ0) is 16.7. The number of nitrogens with zero attached hydrogens (tertiary/aromatic N) is 2. The molecular formula is C18H17N3O3. The Bertz CT molecular complexity index is 830. The van der Waals surface area contributed by atoms with E-state index in [1.54, 1.807) is 43.6 Å². The Labute approximate surface area is 139 Å². The van der Waals surface area contributed by atoms with Crippen LogP contribution in [0.5, 0.6) is 11.6 Å². The Morgan fingerprint density at radius 3 is 2.92 bits per heavy atom. The van der Waals surface area contributed by atoms with Gasteiger partial charge in [-0.25, -0.2) is 4.98 Å². The first-order valence-electron chi connectivity index (χ1n) is 7.99. The Kier molecular flexibility index (Phi) is 3.45. The van der Waals surface area contributed by atoms with E-state index in [-0.39, 0.29) is 17.7 Å². The van der Waals surface area contributed by atoms with E-state index in [4.69, 9.17) is 4.74 Å². The molecule has 2 heterocycles. The number of carbonyl (C=O) groups excluding carboxylic acids is 2. The van der Waals surface area contributed by atoms with Crippen molar-refractivity contribution in [3.63, 3.8) is 0 Å². The molecular weight excluding hydrogens is 306 g/mol. The quantitative estimate of drug-likeness (QED) is 0.921. The molecule has 2 amide bonds. The molecule has 1 aliphatic carbocycles. The van der Waals surface area contributed by atoms with Gasteiger partial charge in [0.05, 0.1) is 5.56 Å². The highest BCUT2D eigenvalue weighted by atomic mass is 16.5. The van der Waals surface area contributed by atoms with Gasteiger partial charge in [-0.15, -0.1) is 0 Å². The summed E-state index contributed by atoms with van der Waals surface area (Å²) in [5, 5.41) is 2.89. The van der Waals surface area contributed by atoms with Gasteiger partial charge in [-0.1, -0.05) is 6.42 Å². The SMILES string of the molecule is CN1C(=O)c2cc(NC(=O)C3CCC3)ccc2Oc2ncccc21. The Morgan fingerprint density at radius 2 is 2.17 bits per heavy atom. The highest BCUT2D eigenvalue weighted by molar-refractivity contribution is 6.10. The van der Waals surface area contributed by atoms with Crippen molar-refractivity contribution in [2.24, 2.45) is 5.92 Å². The summed E-state index contributed by atoms with van der Waals surface area (Å²) in [4.78, 5) is 30.5. The highest BCUT2D eigenvalue weighted by Crippen LogP contribution is 2.37. The fourth-order valence-electron chi connectivity index (χ4n) is 2.89. The van der Waals surface area contributed by atoms with E-state index in [1.165, 1.54) is 4.90 Å². The normalized spacial score (nSPS) is 16.4. The summed E-state index contributed by atoms with van der Waals surface area (Å²) in [5.74, 6) is 0.731. The first-order valence-corrected chi connectivity index (χ1v) is 7.99. The van der Waals surface area contributed by atoms with Crippen molar-refractivity contribution in [2.75, 3.05) is 17.3 Å². The number of benzene rings is 1. The third kappa shape index (κ3) is 2.40. The maximum atomic E-state index is 12.7. The molecule has 1 aliphatic heterocycles. The first-order chi connectivity index (χ1) is 11.6. The number of rotatable bonds is 2. The van der Waals surface area contributed by atoms with Crippen molar-refractivity contribution in [1.29, 1.82) is 0 Å². The predicted molar refractivity (Wildman–Crippen MR) is 89.5 cm³/mol. The van der Waals surface area contributed by atoms with Gasteiger partial charge < -0.3 is 15.0 Å². The molecule has 0 saturated heterocycles. The number of anilines is 2. The molecule has 0 spiro atoms. The van der Waals surface area contributed by atoms with E-state index in [1.807, 2.05) is 0 Å². The van der Waals surface area contributed by atoms with Crippen LogP contribution < -0.4 is 15.0 Å². The number of pyridine rings is 1. The molecule has 1 aromatic heterocycles. The molecule has 1 N–H and O–H groups in total. The minimum absolute atomic E-state index is 0.0153. The Balaban J connectivity index is 1.67. The lowest BCUT2D eigenvalue weighted by molar-refractivity contribution is -0.122. The summed E-state index contributed by atoms with van der Waals surface area (Å²) in [6.45, 7) is 0. The topological polar surface area (TPSA) is 71.5 Å². The van der Waals surface area contributed by atoms with Gasteiger partial charge in [-0.3, -0.25) is 9.59 Å². The van der Waals surface area contributed by atoms with Crippen molar-refractivity contribution < 1.29 is 14.3 Å². The maximum Gasteiger partial charge on any atom is 0.262 e. The lowest BCUT2D eigenvalue weighted by Gasteiger charge is -2.24. The molecule has 2 aromatic rings. The second kappa shape index (κ2) is 5.63. The minimum atomic E-state index is -0.198. The molecule has 24 heavy (non-hydrogen) atoms. The standard InChI is InChI=1S/C18H17N3O3/c1-21-14-6-3-9-19-17(14)24-15-8-7-12(10-13(15)18(21)23)20-16(22)11-4-2-5-11/h3,6-11H,2,4-5H2,1H3,(H,20,22). The molecule has 0 radical (unpaired) electrons. The lowest BCUT2D eigenvalue weighted by Crippen LogP contribution is -2.28. The van der Waals surface area contributed by atoms with Gasteiger partial charge in [0.15, 0.2) is 0 Å². The number of aromatic nitrogens is 1. The lowest BCUT2D eigenvalue weighted by atomic mass is 9.85. The first kappa shape index (κ1) is 14.7. The van der Waals surface area contributed by atoms with Crippen LogP contribution in [0.1, 0.15) is 29.6 Å². The summed E-state index contributed by atoms with van der Waals surface area (Å²) in [5.41, 5.74) is 1.62. The summed E-state index contributed by atoms with van der Waals surface area (Å²) in [7, 11) is 1.68. The van der Waals surface area contributed by atoms with E-state index < -0.39 is 0 Å². The largest absolute Gasteiger partial charge is 0.436 e. The zero-order valence-corrected chi connectivity index (χ0v) is 13.3. The molecule has 4 rings (SSSR count). The zero-order valence-electron chi connectivity index (χ0n) is 13.3. The number of fused-ring (bicyclic) bond motifs is 2. The average molecular weight is 323 g/mol. The molecule has 122 valence electrons. The van der Waals surface area contributed by atoms with Crippen LogP contribution in [0.2, 0.25) is 0 Å². The summed E-state index contributed by atoms with van der Waals surface area (Å²) in [6.07, 6.45) is 4.59. The Hall–Kier alpha value is -2.89. The number of hydrogen-bond donors (Lipinski definition) is 1. The summed E-state index contributed by atoms with van der Waals surface area (Å²) >= 11 is 0. The molecule has 1 saturated carbocycles. The van der Waals surface area contributed by atoms with Gasteiger partial charge in [-0.05, 0) is 43.2 Å². The van der Waals surface area contributed by atoms with E-state index >= 15 is 0 Å². The van der Waals surface area contributed by atoms with Crippen LogP contribution in [0.3, 0.4) is 0 Å². The van der Waals surface area contributed by atoms with Crippen LogP contribution in [0.25, 0.3) is 0 Å². The van der Waals surface area contributed by atoms with E-state index in [9.17, 15) is 9.59 Å². The fourth-order valence-corrected chi connectivity index (χ4v) is 2.89. The Morgan fingerprint density at radius 1 is 1.33 bits per heavy atom. The van der Waals surface area contributed by atoms with Crippen LogP contribution in [-0.2, 0) is 4.79 Å². The van der Waals surface area contributed by atoms with E-state index in [2.05, 4.69) is 10.3 Å². The second-order valence-corrected chi connectivity index (χ2v) is 6.12. The van der Waals surface area contributed by atoms with E-state index in [0.29, 0.717) is 28.6 Å². The molecule has 0 bridgehead atoms. The molecule has 1 fully saturated rings. The van der Waals surface area contributed by atoms with Crippen molar-refractivity contribution >= 4 is 23.2 Å². The van der Waals surface area contributed by atoms with Crippen molar-refractivity contribution in [1.82, 2.24) is 4.98 Å². The van der Waals surface area contributed by atoms with Gasteiger partial charge in [-0.2, -0.15) is 0 Å². The molecule has 2 aliphatic rings. The summed E-state index contributed by atoms with van der Waals surface area (Å²) < 4.78 is 5.80. The second-order valence-electron chi connectivity index (χ2n) is 6.12. The van der Waals surface area contributed by atoms with Crippen molar-refractivity contribution in [2.45, 2.75) is 19.3 Å². The van der Waals surface area contributed by atoms with Crippen molar-refractivity contribution in [3.8, 4) is 11.6 Å². The van der Waals surface area contributed by atoms with Crippen LogP contribution in [0, 0.1) is 5.92 Å². The summed E-state index contributed by atoms with van der Waals surface area (Å²) in [6, 6.07) is 8.64. The molecule has 1 aromatic carbocycles. The van der Waals surface area contributed by atoms with Gasteiger partial charge in [0.1, 0.15) is 11.4 Å². The predicted octanol–water partition coefficient (Wildman–Crippen LogP) is 3.20. The minimum Gasteiger partial charge on any atom is -0.436 e. The van der Waals surface area contributed by atoms with Gasteiger partial charge in [0.2, 0.25) is 11.8 Å². The van der Waals surface area contributed by atoms with Crippen LogP contribution >= 0.6 is 0 Å². The maximum absolute atomic E-state index is 12.7. The van der Waals surface area contributed by atoms with Gasteiger partial charge >= 0.3 is 0 Å². The van der Waals surface area contributed by atoms with Crippen molar-refractivity contribution in [3.05, 3.63) is 42.1 Å². The van der Waals surface area contributed by atoms with Gasteiger partial charge in [0, 0.05) is 24.8 Å². The van der Waals surface area contributed by atoms with Crippen LogP contribution in [0.4, 0.5) is 11.4 Å².